The molecule has 2 aromatic carbocycles. The number of para-hydroxylation sites is 1. The maximum atomic E-state index is 13.6. The normalized spacial score (nSPS) is 18.4. The molecule has 8 nitrogen and oxygen atoms in total. The Labute approximate surface area is 252 Å². The minimum atomic E-state index is -1.15. The van der Waals surface area contributed by atoms with E-state index in [2.05, 4.69) is 18.7 Å². The molecule has 2 aliphatic heterocycles. The van der Waals surface area contributed by atoms with E-state index in [0.717, 1.165) is 31.5 Å². The first-order chi connectivity index (χ1) is 20.5. The summed E-state index contributed by atoms with van der Waals surface area (Å²) in [5.74, 6) is -2.39. The average Bonchev–Trinajstić information content (AvgIpc) is 2.98. The van der Waals surface area contributed by atoms with Crippen molar-refractivity contribution in [1.29, 1.82) is 0 Å². The highest BCUT2D eigenvalue weighted by atomic mass is 16.5. The van der Waals surface area contributed by atoms with Crippen molar-refractivity contribution in [3.63, 3.8) is 0 Å². The van der Waals surface area contributed by atoms with Crippen molar-refractivity contribution >= 4 is 22.9 Å². The van der Waals surface area contributed by atoms with Crippen molar-refractivity contribution in [2.75, 3.05) is 26.7 Å². The predicted octanol–water partition coefficient (Wildman–Crippen LogP) is 6.24. The van der Waals surface area contributed by atoms with Gasteiger partial charge in [0, 0.05) is 34.6 Å². The lowest BCUT2D eigenvalue weighted by Gasteiger charge is -2.48. The van der Waals surface area contributed by atoms with Crippen molar-refractivity contribution < 1.29 is 23.8 Å². The number of carboxylic acid groups (broad SMARTS) is 1. The van der Waals surface area contributed by atoms with E-state index in [4.69, 9.17) is 9.15 Å². The van der Waals surface area contributed by atoms with Crippen LogP contribution in [-0.4, -0.2) is 59.1 Å². The fourth-order valence-electron chi connectivity index (χ4n) is 7.09. The average molecular weight is 585 g/mol. The molecule has 1 N–H and O–H groups in total. The molecule has 1 atom stereocenters. The summed E-state index contributed by atoms with van der Waals surface area (Å²) in [6, 6.07) is 14.5. The monoisotopic (exact) mass is 584 g/mol. The Morgan fingerprint density at radius 2 is 1.60 bits per heavy atom. The fourth-order valence-corrected chi connectivity index (χ4v) is 7.09. The molecule has 0 radical (unpaired) electrons. The number of likely N-dealkylation sites (tertiary alicyclic amines) is 1. The smallest absolute Gasteiger partial charge is 0.336 e. The zero-order valence-electron chi connectivity index (χ0n) is 25.8. The van der Waals surface area contributed by atoms with E-state index in [1.54, 1.807) is 32.0 Å². The van der Waals surface area contributed by atoms with Gasteiger partial charge in [0.25, 0.3) is 0 Å². The zero-order chi connectivity index (χ0) is 31.1. The number of hydrogen-bond acceptors (Lipinski definition) is 7. The quantitative estimate of drug-likeness (QED) is 0.326. The van der Waals surface area contributed by atoms with E-state index in [9.17, 15) is 19.5 Å². The molecule has 0 amide bonds. The molecule has 1 saturated heterocycles. The van der Waals surface area contributed by atoms with Crippen LogP contribution in [0.25, 0.3) is 22.3 Å². The van der Waals surface area contributed by atoms with E-state index in [1.165, 1.54) is 13.5 Å². The van der Waals surface area contributed by atoms with Crippen LogP contribution in [0.3, 0.4) is 0 Å². The van der Waals surface area contributed by atoms with Crippen LogP contribution in [-0.2, 0) is 14.3 Å². The predicted molar refractivity (Wildman–Crippen MR) is 167 cm³/mol. The molecular formula is C35H40N2O6. The van der Waals surface area contributed by atoms with Gasteiger partial charge in [-0.2, -0.15) is 0 Å². The lowest BCUT2D eigenvalue weighted by Crippen LogP contribution is -2.53. The third-order valence-corrected chi connectivity index (χ3v) is 8.85. The SMILES string of the molecule is COC(=O)C1=C(C)N(C(C)(C)CN2CCCCC2)C(C)=C(C(=O)O)C1c1cccc2c(=O)c(C)c(-c3ccccc3)oc12. The van der Waals surface area contributed by atoms with Gasteiger partial charge in [0.05, 0.1) is 35.1 Å². The van der Waals surface area contributed by atoms with Gasteiger partial charge >= 0.3 is 11.9 Å². The number of aliphatic carboxylic acids is 1. The minimum absolute atomic E-state index is 0.0507. The van der Waals surface area contributed by atoms with Gasteiger partial charge in [-0.25, -0.2) is 9.59 Å². The number of allylic oxidation sites excluding steroid dienone is 2. The van der Waals surface area contributed by atoms with Gasteiger partial charge < -0.3 is 24.1 Å². The summed E-state index contributed by atoms with van der Waals surface area (Å²) >= 11 is 0. The molecule has 0 aliphatic carbocycles. The standard InChI is InChI=1S/C35H40N2O6/c1-21-30(38)26-17-13-16-25(32(26)43-31(21)24-14-9-7-10-15-24)29-27(33(39)40)22(2)37(23(3)28(29)34(41)42-6)35(4,5)20-36-18-11-8-12-19-36/h7,9-10,13-17,29H,8,11-12,18-20H2,1-6H3,(H,39,40). The van der Waals surface area contributed by atoms with Crippen LogP contribution in [0.5, 0.6) is 0 Å². The number of piperidine rings is 1. The van der Waals surface area contributed by atoms with E-state index in [-0.39, 0.29) is 22.2 Å². The summed E-state index contributed by atoms with van der Waals surface area (Å²) < 4.78 is 11.8. The van der Waals surface area contributed by atoms with Crippen LogP contribution in [0.15, 0.2) is 80.3 Å². The van der Waals surface area contributed by atoms with Gasteiger partial charge in [-0.15, -0.1) is 0 Å². The second-order valence-electron chi connectivity index (χ2n) is 12.2. The third kappa shape index (κ3) is 5.40. The fraction of sp³-hybridized carbons (Fsp3) is 0.400. The molecule has 3 heterocycles. The number of nitrogens with zero attached hydrogens (tertiary/aromatic N) is 2. The number of ether oxygens (including phenoxy) is 1. The van der Waals surface area contributed by atoms with Crippen LogP contribution in [0.1, 0.15) is 64.0 Å². The van der Waals surface area contributed by atoms with Gasteiger partial charge in [-0.3, -0.25) is 4.79 Å². The number of benzene rings is 2. The maximum absolute atomic E-state index is 13.6. The highest BCUT2D eigenvalue weighted by Crippen LogP contribution is 2.47. The van der Waals surface area contributed by atoms with Gasteiger partial charge in [0.15, 0.2) is 5.43 Å². The Morgan fingerprint density at radius 1 is 0.953 bits per heavy atom. The molecule has 1 fully saturated rings. The lowest BCUT2D eigenvalue weighted by molar-refractivity contribution is -0.136. The summed E-state index contributed by atoms with van der Waals surface area (Å²) in [6.07, 6.45) is 3.47. The molecule has 1 unspecified atom stereocenters. The second kappa shape index (κ2) is 11.8. The van der Waals surface area contributed by atoms with Crippen molar-refractivity contribution in [1.82, 2.24) is 9.80 Å². The van der Waals surface area contributed by atoms with Crippen molar-refractivity contribution in [2.24, 2.45) is 0 Å². The molecule has 5 rings (SSSR count). The summed E-state index contributed by atoms with van der Waals surface area (Å²) in [5, 5.41) is 11.1. The Hall–Kier alpha value is -4.17. The highest BCUT2D eigenvalue weighted by Gasteiger charge is 2.45. The summed E-state index contributed by atoms with van der Waals surface area (Å²) in [6.45, 7) is 12.2. The second-order valence-corrected chi connectivity index (χ2v) is 12.2. The van der Waals surface area contributed by atoms with E-state index < -0.39 is 23.4 Å². The molecule has 8 heteroatoms. The van der Waals surface area contributed by atoms with E-state index in [1.807, 2.05) is 42.2 Å². The molecule has 0 spiro atoms. The van der Waals surface area contributed by atoms with Crippen LogP contribution in [0.4, 0.5) is 0 Å². The molecule has 43 heavy (non-hydrogen) atoms. The van der Waals surface area contributed by atoms with Crippen LogP contribution in [0, 0.1) is 6.92 Å². The molecule has 226 valence electrons. The number of carbonyl (C=O) groups is 2. The number of carbonyl (C=O) groups excluding carboxylic acids is 1. The Kier molecular flexibility index (Phi) is 8.34. The van der Waals surface area contributed by atoms with Gasteiger partial charge in [-0.05, 0) is 66.6 Å². The highest BCUT2D eigenvalue weighted by molar-refractivity contribution is 6.01. The Morgan fingerprint density at radius 3 is 2.23 bits per heavy atom. The van der Waals surface area contributed by atoms with Crippen molar-refractivity contribution in [3.8, 4) is 11.3 Å². The number of esters is 1. The van der Waals surface area contributed by atoms with E-state index in [0.29, 0.717) is 40.2 Å². The topological polar surface area (TPSA) is 100 Å². The van der Waals surface area contributed by atoms with Gasteiger partial charge in [-0.1, -0.05) is 48.9 Å². The molecule has 1 aromatic heterocycles. The largest absolute Gasteiger partial charge is 0.478 e. The first-order valence-corrected chi connectivity index (χ1v) is 14.9. The summed E-state index contributed by atoms with van der Waals surface area (Å²) in [4.78, 5) is 44.8. The van der Waals surface area contributed by atoms with Crippen LogP contribution >= 0.6 is 0 Å². The van der Waals surface area contributed by atoms with Gasteiger partial charge in [0.2, 0.25) is 0 Å². The van der Waals surface area contributed by atoms with Crippen LogP contribution in [0.2, 0.25) is 0 Å². The zero-order valence-corrected chi connectivity index (χ0v) is 25.8. The number of carboxylic acids is 1. The van der Waals surface area contributed by atoms with Gasteiger partial charge in [0.1, 0.15) is 11.3 Å². The number of methoxy groups -OCH3 is 1. The first kappa shape index (κ1) is 30.3. The molecular weight excluding hydrogens is 544 g/mol. The van der Waals surface area contributed by atoms with Crippen molar-refractivity contribution in [2.45, 2.75) is 65.3 Å². The molecule has 0 saturated carbocycles. The Bertz CT molecular complexity index is 1690. The Balaban J connectivity index is 1.76. The van der Waals surface area contributed by atoms with Crippen molar-refractivity contribution in [3.05, 3.63) is 92.4 Å². The maximum Gasteiger partial charge on any atom is 0.336 e. The van der Waals surface area contributed by atoms with E-state index >= 15 is 0 Å². The minimum Gasteiger partial charge on any atom is -0.478 e. The lowest BCUT2D eigenvalue weighted by atomic mass is 9.77. The molecule has 2 aliphatic rings. The number of fused-ring (bicyclic) bond motifs is 1. The molecule has 3 aromatic rings. The third-order valence-electron chi connectivity index (χ3n) is 8.85. The summed E-state index contributed by atoms with van der Waals surface area (Å²) in [7, 11) is 1.30. The first-order valence-electron chi connectivity index (χ1n) is 14.9. The number of hydrogen-bond donors (Lipinski definition) is 1. The summed E-state index contributed by atoms with van der Waals surface area (Å²) in [5.41, 5.74) is 2.56. The van der Waals surface area contributed by atoms with Crippen LogP contribution < -0.4 is 5.43 Å². The molecule has 0 bridgehead atoms. The number of rotatable bonds is 7.